The Bertz CT molecular complexity index is 464. The normalized spacial score (nSPS) is 15.7. The number of halogens is 1. The first-order valence-electron chi connectivity index (χ1n) is 5.56. The molecule has 0 saturated carbocycles. The van der Waals surface area contributed by atoms with Gasteiger partial charge in [0, 0.05) is 6.42 Å². The Kier molecular flexibility index (Phi) is 4.08. The van der Waals surface area contributed by atoms with Gasteiger partial charge in [-0.25, -0.2) is 0 Å². The smallest absolute Gasteiger partial charge is 0.327 e. The maximum absolute atomic E-state index is 11.4. The van der Waals surface area contributed by atoms with Crippen molar-refractivity contribution in [2.75, 3.05) is 20.3 Å². The number of methoxy groups -OCH3 is 1. The van der Waals surface area contributed by atoms with Crippen LogP contribution in [-0.4, -0.2) is 26.3 Å². The lowest BCUT2D eigenvalue weighted by Gasteiger charge is -2.14. The van der Waals surface area contributed by atoms with Crippen molar-refractivity contribution in [2.45, 2.75) is 12.5 Å². The van der Waals surface area contributed by atoms with Gasteiger partial charge < -0.3 is 19.9 Å². The van der Waals surface area contributed by atoms with E-state index >= 15 is 0 Å². The van der Waals surface area contributed by atoms with Crippen molar-refractivity contribution in [2.24, 2.45) is 5.73 Å². The van der Waals surface area contributed by atoms with Crippen molar-refractivity contribution in [3.8, 4) is 11.5 Å². The minimum atomic E-state index is -0.830. The number of carbonyl (C=O) groups is 1. The van der Waals surface area contributed by atoms with E-state index in [1.54, 1.807) is 12.1 Å². The van der Waals surface area contributed by atoms with E-state index in [0.717, 1.165) is 10.9 Å². The van der Waals surface area contributed by atoms with E-state index in [2.05, 4.69) is 20.7 Å². The number of ether oxygens (including phenoxy) is 3. The van der Waals surface area contributed by atoms with Crippen LogP contribution < -0.4 is 15.2 Å². The number of esters is 1. The molecule has 1 aromatic rings. The zero-order valence-corrected chi connectivity index (χ0v) is 11.5. The lowest BCUT2D eigenvalue weighted by molar-refractivity contribution is -0.142. The number of rotatable bonds is 2. The summed E-state index contributed by atoms with van der Waals surface area (Å²) in [4.78, 5) is 11.4. The van der Waals surface area contributed by atoms with Gasteiger partial charge in [0.1, 0.15) is 6.04 Å². The molecule has 0 bridgehead atoms. The van der Waals surface area contributed by atoms with Crippen LogP contribution in [-0.2, 0) is 9.53 Å². The van der Waals surface area contributed by atoms with Gasteiger partial charge in [-0.05, 0) is 33.6 Å². The summed E-state index contributed by atoms with van der Waals surface area (Å²) < 4.78 is 16.5. The Hall–Kier alpha value is -1.27. The molecule has 0 spiro atoms. The highest BCUT2D eigenvalue weighted by atomic mass is 79.9. The maximum atomic E-state index is 11.4. The Morgan fingerprint density at radius 2 is 2.17 bits per heavy atom. The molecule has 0 saturated heterocycles. The molecule has 1 atom stereocenters. The lowest BCUT2D eigenvalue weighted by Crippen LogP contribution is -2.22. The van der Waals surface area contributed by atoms with Gasteiger partial charge in [-0.3, -0.25) is 4.79 Å². The molecule has 0 amide bonds. The van der Waals surface area contributed by atoms with Gasteiger partial charge in [0.15, 0.2) is 11.5 Å². The summed E-state index contributed by atoms with van der Waals surface area (Å²) in [5, 5.41) is 0. The van der Waals surface area contributed by atoms with Crippen molar-refractivity contribution in [3.05, 3.63) is 22.2 Å². The summed E-state index contributed by atoms with van der Waals surface area (Å²) in [6.45, 7) is 1.18. The topological polar surface area (TPSA) is 70.8 Å². The highest BCUT2D eigenvalue weighted by Gasteiger charge is 2.21. The third-order valence-electron chi connectivity index (χ3n) is 2.64. The molecule has 18 heavy (non-hydrogen) atoms. The van der Waals surface area contributed by atoms with E-state index in [9.17, 15) is 4.79 Å². The predicted octanol–water partition coefficient (Wildman–Crippen LogP) is 1.78. The van der Waals surface area contributed by atoms with Crippen LogP contribution in [0.15, 0.2) is 16.6 Å². The average Bonchev–Trinajstić information content (AvgIpc) is 2.62. The van der Waals surface area contributed by atoms with Crippen LogP contribution in [0.2, 0.25) is 0 Å². The molecule has 2 rings (SSSR count). The second-order valence-corrected chi connectivity index (χ2v) is 4.74. The maximum Gasteiger partial charge on any atom is 0.327 e. The Morgan fingerprint density at radius 3 is 2.89 bits per heavy atom. The zero-order chi connectivity index (χ0) is 13.1. The standard InChI is InChI=1S/C12H14BrNO4/c1-16-12(15)10(14)7-5-8(13)11-9(6-7)17-3-2-4-18-11/h5-6,10H,2-4,14H2,1H3. The number of hydrogen-bond acceptors (Lipinski definition) is 5. The summed E-state index contributed by atoms with van der Waals surface area (Å²) in [5.74, 6) is 0.751. The number of nitrogens with two attached hydrogens (primary N) is 1. The highest BCUT2D eigenvalue weighted by Crippen LogP contribution is 2.39. The fourth-order valence-corrected chi connectivity index (χ4v) is 2.27. The molecular weight excluding hydrogens is 302 g/mol. The number of benzene rings is 1. The van der Waals surface area contributed by atoms with Crippen LogP contribution in [0.4, 0.5) is 0 Å². The molecule has 6 heteroatoms. The largest absolute Gasteiger partial charge is 0.490 e. The van der Waals surface area contributed by atoms with Crippen molar-refractivity contribution in [3.63, 3.8) is 0 Å². The number of carbonyl (C=O) groups excluding carboxylic acids is 1. The van der Waals surface area contributed by atoms with Gasteiger partial charge in [0.05, 0.1) is 24.8 Å². The van der Waals surface area contributed by atoms with Gasteiger partial charge in [0.2, 0.25) is 0 Å². The minimum absolute atomic E-state index is 0.489. The molecule has 1 aromatic carbocycles. The molecule has 5 nitrogen and oxygen atoms in total. The zero-order valence-electron chi connectivity index (χ0n) is 9.94. The van der Waals surface area contributed by atoms with Crippen LogP contribution in [0.1, 0.15) is 18.0 Å². The second kappa shape index (κ2) is 5.58. The molecule has 1 heterocycles. The first-order valence-corrected chi connectivity index (χ1v) is 6.35. The van der Waals surface area contributed by atoms with Crippen LogP contribution in [0.5, 0.6) is 11.5 Å². The summed E-state index contributed by atoms with van der Waals surface area (Å²) in [5.41, 5.74) is 6.42. The predicted molar refractivity (Wildman–Crippen MR) is 68.7 cm³/mol. The molecule has 0 fully saturated rings. The van der Waals surface area contributed by atoms with Gasteiger partial charge >= 0.3 is 5.97 Å². The Labute approximate surface area is 113 Å². The van der Waals surface area contributed by atoms with Crippen molar-refractivity contribution >= 4 is 21.9 Å². The Balaban J connectivity index is 2.37. The van der Waals surface area contributed by atoms with Crippen molar-refractivity contribution in [1.82, 2.24) is 0 Å². The molecule has 1 aliphatic rings. The first kappa shape index (κ1) is 13.2. The number of hydrogen-bond donors (Lipinski definition) is 1. The van der Waals surface area contributed by atoms with Gasteiger partial charge in [-0.1, -0.05) is 0 Å². The lowest BCUT2D eigenvalue weighted by atomic mass is 10.1. The summed E-state index contributed by atoms with van der Waals surface area (Å²) in [6.07, 6.45) is 0.819. The third kappa shape index (κ3) is 2.59. The second-order valence-electron chi connectivity index (χ2n) is 3.88. The monoisotopic (exact) mass is 315 g/mol. The summed E-state index contributed by atoms with van der Waals surface area (Å²) in [7, 11) is 1.31. The molecule has 1 unspecified atom stereocenters. The van der Waals surface area contributed by atoms with Crippen LogP contribution >= 0.6 is 15.9 Å². The quantitative estimate of drug-likeness (QED) is 0.842. The van der Waals surface area contributed by atoms with E-state index in [-0.39, 0.29) is 0 Å². The van der Waals surface area contributed by atoms with Gasteiger partial charge in [-0.15, -0.1) is 0 Å². The molecule has 1 aliphatic heterocycles. The summed E-state index contributed by atoms with van der Waals surface area (Å²) >= 11 is 3.39. The molecule has 0 radical (unpaired) electrons. The summed E-state index contributed by atoms with van der Waals surface area (Å²) in [6, 6.07) is 2.63. The molecular formula is C12H14BrNO4. The van der Waals surface area contributed by atoms with E-state index < -0.39 is 12.0 Å². The highest BCUT2D eigenvalue weighted by molar-refractivity contribution is 9.10. The average molecular weight is 316 g/mol. The van der Waals surface area contributed by atoms with Gasteiger partial charge in [0.25, 0.3) is 0 Å². The molecule has 0 aliphatic carbocycles. The fraction of sp³-hybridized carbons (Fsp3) is 0.417. The fourth-order valence-electron chi connectivity index (χ4n) is 1.69. The van der Waals surface area contributed by atoms with Crippen LogP contribution in [0.25, 0.3) is 0 Å². The van der Waals surface area contributed by atoms with E-state index in [0.29, 0.717) is 30.3 Å². The molecule has 0 aromatic heterocycles. The van der Waals surface area contributed by atoms with Crippen molar-refractivity contribution in [1.29, 1.82) is 0 Å². The number of fused-ring (bicyclic) bond motifs is 1. The van der Waals surface area contributed by atoms with E-state index in [1.165, 1.54) is 7.11 Å². The van der Waals surface area contributed by atoms with E-state index in [4.69, 9.17) is 15.2 Å². The molecule has 98 valence electrons. The van der Waals surface area contributed by atoms with Crippen LogP contribution in [0, 0.1) is 0 Å². The van der Waals surface area contributed by atoms with Crippen LogP contribution in [0.3, 0.4) is 0 Å². The molecule has 2 N–H and O–H groups in total. The van der Waals surface area contributed by atoms with Gasteiger partial charge in [-0.2, -0.15) is 0 Å². The van der Waals surface area contributed by atoms with Crippen molar-refractivity contribution < 1.29 is 19.0 Å². The first-order chi connectivity index (χ1) is 8.63. The van der Waals surface area contributed by atoms with E-state index in [1.807, 2.05) is 0 Å². The minimum Gasteiger partial charge on any atom is -0.490 e. The SMILES string of the molecule is COC(=O)C(N)c1cc(Br)c2c(c1)OCCCO2. The Morgan fingerprint density at radius 1 is 1.44 bits per heavy atom. The third-order valence-corrected chi connectivity index (χ3v) is 3.23.